The zero-order valence-electron chi connectivity index (χ0n) is 16.2. The summed E-state index contributed by atoms with van der Waals surface area (Å²) < 4.78 is 10.9. The van der Waals surface area contributed by atoms with Gasteiger partial charge in [0.05, 0.1) is 6.61 Å². The second-order valence-electron chi connectivity index (χ2n) is 6.44. The second kappa shape index (κ2) is 11.6. The molecule has 0 spiro atoms. The molecule has 8 heteroatoms. The lowest BCUT2D eigenvalue weighted by molar-refractivity contribution is 0.128. The maximum atomic E-state index is 6.00. The molecule has 1 aromatic heterocycles. The number of benzene rings is 1. The van der Waals surface area contributed by atoms with Crippen molar-refractivity contribution in [2.75, 3.05) is 26.3 Å². The smallest absolute Gasteiger partial charge is 0.248 e. The van der Waals surface area contributed by atoms with Gasteiger partial charge in [0.15, 0.2) is 5.96 Å². The fourth-order valence-corrected chi connectivity index (χ4v) is 2.41. The van der Waals surface area contributed by atoms with Crippen molar-refractivity contribution in [3.63, 3.8) is 0 Å². The van der Waals surface area contributed by atoms with Crippen molar-refractivity contribution < 1.29 is 9.26 Å². The van der Waals surface area contributed by atoms with Crippen molar-refractivity contribution in [3.05, 3.63) is 35.2 Å². The van der Waals surface area contributed by atoms with Crippen molar-refractivity contribution in [1.29, 1.82) is 0 Å². The van der Waals surface area contributed by atoms with E-state index >= 15 is 0 Å². The summed E-state index contributed by atoms with van der Waals surface area (Å²) in [4.78, 5) is 8.84. The molecule has 0 radical (unpaired) electrons. The summed E-state index contributed by atoms with van der Waals surface area (Å²) in [6, 6.07) is 7.33. The van der Waals surface area contributed by atoms with Crippen LogP contribution in [0.5, 0.6) is 0 Å². The van der Waals surface area contributed by atoms with Crippen molar-refractivity contribution >= 4 is 17.6 Å². The number of guanidine groups is 1. The number of aliphatic imine (C=N–C) groups is 1. The Kier molecular flexibility index (Phi) is 9.07. The molecule has 27 heavy (non-hydrogen) atoms. The largest absolute Gasteiger partial charge is 0.380 e. The van der Waals surface area contributed by atoms with Gasteiger partial charge in [-0.05, 0) is 31.4 Å². The number of nitrogens with one attached hydrogen (secondary N) is 2. The molecule has 0 aliphatic rings. The number of halogens is 1. The van der Waals surface area contributed by atoms with Gasteiger partial charge < -0.3 is 19.9 Å². The van der Waals surface area contributed by atoms with Crippen LogP contribution in [0.1, 0.15) is 33.1 Å². The lowest BCUT2D eigenvalue weighted by atomic mass is 10.1. The highest BCUT2D eigenvalue weighted by atomic mass is 35.5. The Labute approximate surface area is 165 Å². The van der Waals surface area contributed by atoms with E-state index in [0.29, 0.717) is 41.8 Å². The SMILES string of the molecule is CCNC(=NCc1nc(-c2cccc(Cl)c2)no1)NCCOCCC(C)C. The van der Waals surface area contributed by atoms with E-state index in [1.807, 2.05) is 19.1 Å². The van der Waals surface area contributed by atoms with E-state index < -0.39 is 0 Å². The lowest BCUT2D eigenvalue weighted by Gasteiger charge is -2.11. The third-order valence-electron chi connectivity index (χ3n) is 3.65. The van der Waals surface area contributed by atoms with E-state index in [2.05, 4.69) is 39.6 Å². The van der Waals surface area contributed by atoms with E-state index in [1.165, 1.54) is 0 Å². The molecule has 0 aliphatic carbocycles. The Hall–Kier alpha value is -2.12. The number of ether oxygens (including phenoxy) is 1. The second-order valence-corrected chi connectivity index (χ2v) is 6.88. The maximum Gasteiger partial charge on any atom is 0.248 e. The highest BCUT2D eigenvalue weighted by Crippen LogP contribution is 2.20. The molecule has 2 rings (SSSR count). The van der Waals surface area contributed by atoms with Crippen molar-refractivity contribution in [2.45, 2.75) is 33.7 Å². The molecule has 0 aliphatic heterocycles. The molecule has 0 bridgehead atoms. The summed E-state index contributed by atoms with van der Waals surface area (Å²) in [6.45, 7) is 9.54. The van der Waals surface area contributed by atoms with Gasteiger partial charge in [0.25, 0.3) is 0 Å². The van der Waals surface area contributed by atoms with Crippen LogP contribution >= 0.6 is 11.6 Å². The fraction of sp³-hybridized carbons (Fsp3) is 0.526. The first kappa shape index (κ1) is 21.2. The van der Waals surface area contributed by atoms with Gasteiger partial charge in [0, 0.05) is 30.3 Å². The minimum atomic E-state index is 0.289. The van der Waals surface area contributed by atoms with Crippen LogP contribution in [0.25, 0.3) is 11.4 Å². The Morgan fingerprint density at radius 3 is 2.89 bits per heavy atom. The monoisotopic (exact) mass is 393 g/mol. The standard InChI is InChI=1S/C19H28ClN5O2/c1-4-21-19(22-9-11-26-10-8-14(2)3)23-13-17-24-18(25-27-17)15-6-5-7-16(20)12-15/h5-7,12,14H,4,8-11,13H2,1-3H3,(H2,21,22,23). The molecule has 148 valence electrons. The average molecular weight is 394 g/mol. The number of hydrogen-bond donors (Lipinski definition) is 2. The van der Waals surface area contributed by atoms with Gasteiger partial charge in [-0.15, -0.1) is 0 Å². The molecule has 0 fully saturated rings. The normalized spacial score (nSPS) is 11.8. The minimum Gasteiger partial charge on any atom is -0.380 e. The Balaban J connectivity index is 1.83. The van der Waals surface area contributed by atoms with E-state index in [0.717, 1.165) is 25.1 Å². The number of rotatable bonds is 10. The summed E-state index contributed by atoms with van der Waals surface area (Å²) in [5.74, 6) is 2.28. The van der Waals surface area contributed by atoms with Crippen molar-refractivity contribution in [2.24, 2.45) is 10.9 Å². The van der Waals surface area contributed by atoms with Crippen LogP contribution in [0.3, 0.4) is 0 Å². The van der Waals surface area contributed by atoms with Crippen LogP contribution < -0.4 is 10.6 Å². The molecule has 0 saturated heterocycles. The van der Waals surface area contributed by atoms with Crippen LogP contribution in [0.2, 0.25) is 5.02 Å². The first-order valence-corrected chi connectivity index (χ1v) is 9.64. The highest BCUT2D eigenvalue weighted by Gasteiger charge is 2.09. The fourth-order valence-electron chi connectivity index (χ4n) is 2.22. The van der Waals surface area contributed by atoms with Gasteiger partial charge >= 0.3 is 0 Å². The van der Waals surface area contributed by atoms with Gasteiger partial charge in [-0.2, -0.15) is 4.98 Å². The first-order chi connectivity index (χ1) is 13.1. The van der Waals surface area contributed by atoms with E-state index in [4.69, 9.17) is 20.9 Å². The minimum absolute atomic E-state index is 0.289. The molecule has 7 nitrogen and oxygen atoms in total. The highest BCUT2D eigenvalue weighted by molar-refractivity contribution is 6.30. The Morgan fingerprint density at radius 1 is 1.30 bits per heavy atom. The third kappa shape index (κ3) is 7.97. The average Bonchev–Trinajstić information content (AvgIpc) is 3.11. The summed E-state index contributed by atoms with van der Waals surface area (Å²) in [7, 11) is 0. The first-order valence-electron chi connectivity index (χ1n) is 9.27. The number of aromatic nitrogens is 2. The number of hydrogen-bond acceptors (Lipinski definition) is 5. The van der Waals surface area contributed by atoms with Gasteiger partial charge in [-0.1, -0.05) is 42.7 Å². The van der Waals surface area contributed by atoms with Crippen LogP contribution in [0.15, 0.2) is 33.8 Å². The molecular formula is C19H28ClN5O2. The van der Waals surface area contributed by atoms with E-state index in [-0.39, 0.29) is 6.54 Å². The molecule has 1 heterocycles. The van der Waals surface area contributed by atoms with Crippen LogP contribution in [0.4, 0.5) is 0 Å². The van der Waals surface area contributed by atoms with Crippen LogP contribution in [0, 0.1) is 5.92 Å². The van der Waals surface area contributed by atoms with Crippen molar-refractivity contribution in [1.82, 2.24) is 20.8 Å². The summed E-state index contributed by atoms with van der Waals surface area (Å²) in [5.41, 5.74) is 0.810. The predicted molar refractivity (Wildman–Crippen MR) is 108 cm³/mol. The quantitative estimate of drug-likeness (QED) is 0.365. The van der Waals surface area contributed by atoms with Crippen LogP contribution in [-0.2, 0) is 11.3 Å². The Morgan fingerprint density at radius 2 is 2.15 bits per heavy atom. The van der Waals surface area contributed by atoms with Crippen molar-refractivity contribution in [3.8, 4) is 11.4 Å². The van der Waals surface area contributed by atoms with E-state index in [9.17, 15) is 0 Å². The molecule has 0 unspecified atom stereocenters. The lowest BCUT2D eigenvalue weighted by Crippen LogP contribution is -2.39. The van der Waals surface area contributed by atoms with Crippen LogP contribution in [-0.4, -0.2) is 42.4 Å². The molecule has 0 amide bonds. The molecule has 2 aromatic rings. The topological polar surface area (TPSA) is 84.6 Å². The van der Waals surface area contributed by atoms with Gasteiger partial charge in [-0.3, -0.25) is 0 Å². The van der Waals surface area contributed by atoms with Gasteiger partial charge in [0.2, 0.25) is 11.7 Å². The maximum absolute atomic E-state index is 6.00. The van der Waals surface area contributed by atoms with E-state index in [1.54, 1.807) is 12.1 Å². The zero-order chi connectivity index (χ0) is 19.5. The number of nitrogens with zero attached hydrogens (tertiary/aromatic N) is 3. The zero-order valence-corrected chi connectivity index (χ0v) is 16.9. The molecule has 0 atom stereocenters. The molecule has 2 N–H and O–H groups in total. The molecule has 0 saturated carbocycles. The molecule has 1 aromatic carbocycles. The van der Waals surface area contributed by atoms with Gasteiger partial charge in [-0.25, -0.2) is 4.99 Å². The third-order valence-corrected chi connectivity index (χ3v) is 3.88. The summed E-state index contributed by atoms with van der Waals surface area (Å²) in [6.07, 6.45) is 1.07. The Bertz CT molecular complexity index is 718. The predicted octanol–water partition coefficient (Wildman–Crippen LogP) is 3.51. The molecular weight excluding hydrogens is 366 g/mol. The summed E-state index contributed by atoms with van der Waals surface area (Å²) in [5, 5.41) is 11.0. The summed E-state index contributed by atoms with van der Waals surface area (Å²) >= 11 is 6.00. The van der Waals surface area contributed by atoms with Gasteiger partial charge in [0.1, 0.15) is 6.54 Å².